The van der Waals surface area contributed by atoms with Crippen LogP contribution in [0.1, 0.15) is 51.9 Å². The summed E-state index contributed by atoms with van der Waals surface area (Å²) >= 11 is 0. The number of hydrogen-bond donors (Lipinski definition) is 2. The molecule has 1 aliphatic carbocycles. The Morgan fingerprint density at radius 3 is 2.26 bits per heavy atom. The maximum Gasteiger partial charge on any atom is 0.329 e. The molecule has 0 bridgehead atoms. The van der Waals surface area contributed by atoms with Crippen LogP contribution in [0.5, 0.6) is 0 Å². The van der Waals surface area contributed by atoms with Gasteiger partial charge in [-0.15, -0.1) is 0 Å². The Hall–Kier alpha value is -1.26. The molecule has 0 aromatic heterocycles. The molecular weight excluding hydrogens is 244 g/mol. The lowest BCUT2D eigenvalue weighted by Gasteiger charge is -2.38. The van der Waals surface area contributed by atoms with E-state index in [0.29, 0.717) is 18.8 Å². The van der Waals surface area contributed by atoms with E-state index < -0.39 is 11.5 Å². The zero-order chi connectivity index (χ0) is 13.9. The average molecular weight is 268 g/mol. The first-order valence-electron chi connectivity index (χ1n) is 7.34. The van der Waals surface area contributed by atoms with Gasteiger partial charge in [0.1, 0.15) is 5.54 Å². The molecule has 1 aliphatic heterocycles. The van der Waals surface area contributed by atoms with Gasteiger partial charge in [-0.1, -0.05) is 6.92 Å². The molecule has 0 atom stereocenters. The molecule has 5 nitrogen and oxygen atoms in total. The number of urea groups is 1. The molecular formula is C14H24N2O3. The van der Waals surface area contributed by atoms with Crippen LogP contribution in [0.4, 0.5) is 4.79 Å². The third-order valence-electron chi connectivity index (χ3n) is 4.53. The fourth-order valence-corrected chi connectivity index (χ4v) is 3.03. The number of amides is 2. The second-order valence-corrected chi connectivity index (χ2v) is 6.05. The molecule has 0 unspecified atom stereocenters. The first-order valence-corrected chi connectivity index (χ1v) is 7.34. The summed E-state index contributed by atoms with van der Waals surface area (Å²) in [6.07, 6.45) is 6.02. The van der Waals surface area contributed by atoms with Crippen molar-refractivity contribution in [3.63, 3.8) is 0 Å². The minimum Gasteiger partial charge on any atom is -0.480 e. The van der Waals surface area contributed by atoms with Gasteiger partial charge >= 0.3 is 12.0 Å². The normalized spacial score (nSPS) is 31.8. The Kier molecular flexibility index (Phi) is 4.32. The quantitative estimate of drug-likeness (QED) is 0.806. The summed E-state index contributed by atoms with van der Waals surface area (Å²) in [4.78, 5) is 25.5. The van der Waals surface area contributed by atoms with Gasteiger partial charge in [-0.3, -0.25) is 0 Å². The van der Waals surface area contributed by atoms with Crippen LogP contribution in [-0.2, 0) is 4.79 Å². The van der Waals surface area contributed by atoms with Gasteiger partial charge in [-0.05, 0) is 50.9 Å². The summed E-state index contributed by atoms with van der Waals surface area (Å²) in [6, 6.07) is -0.198. The topological polar surface area (TPSA) is 69.6 Å². The number of nitrogens with zero attached hydrogens (tertiary/aromatic N) is 1. The fraction of sp³-hybridized carbons (Fsp3) is 0.857. The average Bonchev–Trinajstić information content (AvgIpc) is 2.42. The van der Waals surface area contributed by atoms with E-state index in [0.717, 1.165) is 45.2 Å². The summed E-state index contributed by atoms with van der Waals surface area (Å²) < 4.78 is 0. The van der Waals surface area contributed by atoms with Crippen molar-refractivity contribution in [3.8, 4) is 0 Å². The first-order chi connectivity index (χ1) is 9.03. The van der Waals surface area contributed by atoms with Gasteiger partial charge in [-0.2, -0.15) is 0 Å². The third-order valence-corrected chi connectivity index (χ3v) is 4.53. The van der Waals surface area contributed by atoms with E-state index in [1.165, 1.54) is 0 Å². The van der Waals surface area contributed by atoms with Crippen LogP contribution in [-0.4, -0.2) is 40.6 Å². The molecule has 1 saturated carbocycles. The number of carboxylic acid groups (broad SMARTS) is 1. The van der Waals surface area contributed by atoms with Gasteiger partial charge < -0.3 is 15.3 Å². The molecule has 108 valence electrons. The Labute approximate surface area is 114 Å². The highest BCUT2D eigenvalue weighted by Gasteiger charge is 2.43. The zero-order valence-corrected chi connectivity index (χ0v) is 11.7. The van der Waals surface area contributed by atoms with Crippen LogP contribution in [0.15, 0.2) is 0 Å². The summed E-state index contributed by atoms with van der Waals surface area (Å²) in [5, 5.41) is 12.3. The predicted octanol–water partition coefficient (Wildman–Crippen LogP) is 2.22. The van der Waals surface area contributed by atoms with Gasteiger partial charge in [0.2, 0.25) is 0 Å². The van der Waals surface area contributed by atoms with Crippen molar-refractivity contribution in [1.82, 2.24) is 10.2 Å². The van der Waals surface area contributed by atoms with Crippen molar-refractivity contribution in [1.29, 1.82) is 0 Å². The number of carboxylic acids is 1. The van der Waals surface area contributed by atoms with E-state index in [1.807, 2.05) is 0 Å². The van der Waals surface area contributed by atoms with Crippen LogP contribution in [0.25, 0.3) is 0 Å². The predicted molar refractivity (Wildman–Crippen MR) is 72.0 cm³/mol. The van der Waals surface area contributed by atoms with Crippen LogP contribution < -0.4 is 5.32 Å². The van der Waals surface area contributed by atoms with Crippen LogP contribution in [0.3, 0.4) is 0 Å². The Morgan fingerprint density at radius 1 is 1.16 bits per heavy atom. The van der Waals surface area contributed by atoms with Gasteiger partial charge in [-0.25, -0.2) is 9.59 Å². The Balaban J connectivity index is 2.00. The number of piperidine rings is 1. The largest absolute Gasteiger partial charge is 0.480 e. The number of rotatable bonds is 2. The number of likely N-dealkylation sites (tertiary alicyclic amines) is 1. The van der Waals surface area contributed by atoms with E-state index >= 15 is 0 Å². The van der Waals surface area contributed by atoms with Crippen molar-refractivity contribution < 1.29 is 14.7 Å². The molecule has 2 N–H and O–H groups in total. The molecule has 1 heterocycles. The number of carbonyl (C=O) groups excluding carboxylic acids is 1. The lowest BCUT2D eigenvalue weighted by Crippen LogP contribution is -2.59. The minimum atomic E-state index is -1.04. The summed E-state index contributed by atoms with van der Waals surface area (Å²) in [5.74, 6) is -0.330. The molecule has 2 fully saturated rings. The van der Waals surface area contributed by atoms with Crippen molar-refractivity contribution in [2.24, 2.45) is 5.92 Å². The second kappa shape index (κ2) is 5.80. The number of aliphatic carboxylic acids is 1. The molecule has 0 aromatic rings. The Bertz CT molecular complexity index is 343. The van der Waals surface area contributed by atoms with E-state index in [4.69, 9.17) is 0 Å². The lowest BCUT2D eigenvalue weighted by molar-refractivity contribution is -0.146. The maximum atomic E-state index is 12.2. The van der Waals surface area contributed by atoms with Crippen LogP contribution in [0.2, 0.25) is 0 Å². The zero-order valence-electron chi connectivity index (χ0n) is 11.7. The molecule has 5 heteroatoms. The highest BCUT2D eigenvalue weighted by molar-refractivity contribution is 5.86. The molecule has 0 aromatic carbocycles. The van der Waals surface area contributed by atoms with Gasteiger partial charge in [0.05, 0.1) is 0 Å². The number of nitrogens with one attached hydrogen (secondary N) is 1. The first kappa shape index (κ1) is 14.2. The monoisotopic (exact) mass is 268 g/mol. The fourth-order valence-electron chi connectivity index (χ4n) is 3.03. The van der Waals surface area contributed by atoms with Crippen LogP contribution >= 0.6 is 0 Å². The molecule has 1 saturated heterocycles. The summed E-state index contributed by atoms with van der Waals surface area (Å²) in [7, 11) is 0. The molecule has 2 amide bonds. The second-order valence-electron chi connectivity index (χ2n) is 6.05. The Morgan fingerprint density at radius 2 is 1.74 bits per heavy atom. The van der Waals surface area contributed by atoms with Crippen molar-refractivity contribution in [2.45, 2.75) is 57.4 Å². The van der Waals surface area contributed by atoms with E-state index in [1.54, 1.807) is 4.90 Å². The maximum absolute atomic E-state index is 12.2. The van der Waals surface area contributed by atoms with Gasteiger partial charge in [0.25, 0.3) is 0 Å². The SMILES string of the molecule is CC1CCC(NC(=O)N2CCCCC2)(C(=O)O)CC1. The number of carbonyl (C=O) groups is 2. The highest BCUT2D eigenvalue weighted by atomic mass is 16.4. The standard InChI is InChI=1S/C14H24N2O3/c1-11-5-7-14(8-6-11,12(17)18)15-13(19)16-9-3-2-4-10-16/h11H,2-10H2,1H3,(H,15,19)(H,17,18). The highest BCUT2D eigenvalue weighted by Crippen LogP contribution is 2.32. The smallest absolute Gasteiger partial charge is 0.329 e. The molecule has 0 radical (unpaired) electrons. The molecule has 2 aliphatic rings. The van der Waals surface area contributed by atoms with Crippen molar-refractivity contribution in [2.75, 3.05) is 13.1 Å². The van der Waals surface area contributed by atoms with E-state index in [2.05, 4.69) is 12.2 Å². The van der Waals surface area contributed by atoms with Crippen LogP contribution in [0, 0.1) is 5.92 Å². The molecule has 0 spiro atoms. The third kappa shape index (κ3) is 3.19. The molecule has 19 heavy (non-hydrogen) atoms. The molecule has 2 rings (SSSR count). The minimum absolute atomic E-state index is 0.198. The summed E-state index contributed by atoms with van der Waals surface area (Å²) in [5.41, 5.74) is -1.04. The van der Waals surface area contributed by atoms with E-state index in [9.17, 15) is 14.7 Å². The number of hydrogen-bond acceptors (Lipinski definition) is 2. The van der Waals surface area contributed by atoms with Crippen molar-refractivity contribution >= 4 is 12.0 Å². The van der Waals surface area contributed by atoms with Gasteiger partial charge in [0.15, 0.2) is 0 Å². The van der Waals surface area contributed by atoms with Crippen molar-refractivity contribution in [3.05, 3.63) is 0 Å². The van der Waals surface area contributed by atoms with E-state index in [-0.39, 0.29) is 6.03 Å². The summed E-state index contributed by atoms with van der Waals surface area (Å²) in [6.45, 7) is 3.63. The van der Waals surface area contributed by atoms with Gasteiger partial charge in [0, 0.05) is 13.1 Å². The lowest BCUT2D eigenvalue weighted by atomic mass is 9.77.